The van der Waals surface area contributed by atoms with E-state index in [9.17, 15) is 18.4 Å². The van der Waals surface area contributed by atoms with Crippen molar-refractivity contribution in [3.8, 4) is 43.8 Å². The summed E-state index contributed by atoms with van der Waals surface area (Å²) < 4.78 is 27.5. The molecule has 0 saturated heterocycles. The molecule has 0 fully saturated rings. The molecule has 0 N–H and O–H groups in total. The highest BCUT2D eigenvalue weighted by Gasteiger charge is 2.18. The standard InChI is InChI=1S/C25H22FN3OS.C22H17FN4OS/c1-4-23-24(29-25(31-23)20-8-6-12-27-16(20)3)17-10-11-18(28-14-17)13-22(30)19-7-5-9-21(26)15(19)2;1-13-17(4-3-5-18(13)23)20(28)10-16-7-6-15(11-26-16)21-14(2)29-22(27-21)19-12-24-8-9-25-19/h5-12,14H,4,13H2,1-3H3;3-9,11-12H,10H2,1-2H3. The summed E-state index contributed by atoms with van der Waals surface area (Å²) >= 11 is 3.21. The minimum absolute atomic E-state index is 0.117. The monoisotopic (exact) mass is 835 g/mol. The average Bonchev–Trinajstić information content (AvgIpc) is 3.88. The fraction of sp³-hybridized carbons (Fsp3) is 0.170. The summed E-state index contributed by atoms with van der Waals surface area (Å²) in [6.45, 7) is 9.32. The Morgan fingerprint density at radius 1 is 0.600 bits per heavy atom. The van der Waals surface area contributed by atoms with Crippen molar-refractivity contribution in [2.75, 3.05) is 0 Å². The van der Waals surface area contributed by atoms with Crippen molar-refractivity contribution in [3.05, 3.63) is 171 Å². The molecule has 6 heterocycles. The fourth-order valence-electron chi connectivity index (χ4n) is 6.50. The summed E-state index contributed by atoms with van der Waals surface area (Å²) in [6.07, 6.45) is 11.3. The number of rotatable bonds is 11. The van der Waals surface area contributed by atoms with Gasteiger partial charge in [0.15, 0.2) is 11.6 Å². The highest BCUT2D eigenvalue weighted by molar-refractivity contribution is 7.15. The molecule has 0 aliphatic rings. The maximum Gasteiger partial charge on any atom is 0.169 e. The second-order valence-electron chi connectivity index (χ2n) is 13.9. The number of carbonyl (C=O) groups excluding carboxylic acids is 2. The van der Waals surface area contributed by atoms with Gasteiger partial charge in [0.1, 0.15) is 27.3 Å². The van der Waals surface area contributed by atoms with Crippen molar-refractivity contribution in [1.29, 1.82) is 0 Å². The molecule has 6 aromatic heterocycles. The van der Waals surface area contributed by atoms with Gasteiger partial charge in [0.05, 0.1) is 30.4 Å². The summed E-state index contributed by atoms with van der Waals surface area (Å²) in [5, 5.41) is 1.74. The largest absolute Gasteiger partial charge is 0.294 e. The van der Waals surface area contributed by atoms with Gasteiger partial charge in [0, 0.05) is 85.6 Å². The van der Waals surface area contributed by atoms with E-state index in [1.54, 1.807) is 98.0 Å². The zero-order valence-electron chi connectivity index (χ0n) is 33.5. The van der Waals surface area contributed by atoms with Gasteiger partial charge < -0.3 is 0 Å². The first-order valence-corrected chi connectivity index (χ1v) is 20.8. The smallest absolute Gasteiger partial charge is 0.169 e. The van der Waals surface area contributed by atoms with E-state index in [0.29, 0.717) is 33.6 Å². The first-order chi connectivity index (χ1) is 29.0. The number of benzene rings is 2. The quantitative estimate of drug-likeness (QED) is 0.117. The molecular formula is C47H39F2N7O2S2. The molecular weight excluding hydrogens is 797 g/mol. The molecule has 0 aliphatic heterocycles. The van der Waals surface area contributed by atoms with Gasteiger partial charge in [-0.15, -0.1) is 22.7 Å². The van der Waals surface area contributed by atoms with E-state index in [0.717, 1.165) is 60.8 Å². The van der Waals surface area contributed by atoms with Crippen LogP contribution in [0.2, 0.25) is 0 Å². The van der Waals surface area contributed by atoms with Crippen LogP contribution in [0.25, 0.3) is 43.8 Å². The molecule has 0 bridgehead atoms. The van der Waals surface area contributed by atoms with E-state index in [2.05, 4.69) is 36.8 Å². The number of pyridine rings is 3. The van der Waals surface area contributed by atoms with E-state index < -0.39 is 0 Å². The van der Waals surface area contributed by atoms with E-state index in [1.165, 1.54) is 17.0 Å². The molecule has 0 radical (unpaired) electrons. The Morgan fingerprint density at radius 3 is 1.73 bits per heavy atom. The lowest BCUT2D eigenvalue weighted by molar-refractivity contribution is 0.0982. The first-order valence-electron chi connectivity index (χ1n) is 19.1. The molecule has 60 heavy (non-hydrogen) atoms. The maximum atomic E-state index is 13.8. The van der Waals surface area contributed by atoms with E-state index >= 15 is 0 Å². The second-order valence-corrected chi connectivity index (χ2v) is 16.2. The van der Waals surface area contributed by atoms with Crippen molar-refractivity contribution < 1.29 is 18.4 Å². The van der Waals surface area contributed by atoms with Gasteiger partial charge in [-0.3, -0.25) is 34.5 Å². The van der Waals surface area contributed by atoms with Gasteiger partial charge in [-0.25, -0.2) is 18.7 Å². The summed E-state index contributed by atoms with van der Waals surface area (Å²) in [5.74, 6) is -1.05. The predicted molar refractivity (Wildman–Crippen MR) is 232 cm³/mol. The van der Waals surface area contributed by atoms with Crippen LogP contribution in [0.15, 0.2) is 110 Å². The number of hydrogen-bond donors (Lipinski definition) is 0. The van der Waals surface area contributed by atoms with Gasteiger partial charge in [-0.2, -0.15) is 0 Å². The molecule has 0 saturated carbocycles. The van der Waals surface area contributed by atoms with Gasteiger partial charge in [-0.1, -0.05) is 31.2 Å². The van der Waals surface area contributed by atoms with Crippen LogP contribution < -0.4 is 0 Å². The summed E-state index contributed by atoms with van der Waals surface area (Å²) in [7, 11) is 0. The molecule has 2 aromatic carbocycles. The zero-order chi connectivity index (χ0) is 42.3. The van der Waals surface area contributed by atoms with Crippen molar-refractivity contribution in [3.63, 3.8) is 0 Å². The number of halogens is 2. The average molecular weight is 836 g/mol. The Morgan fingerprint density at radius 2 is 1.20 bits per heavy atom. The predicted octanol–water partition coefficient (Wildman–Crippen LogP) is 10.9. The molecule has 0 aliphatic carbocycles. The summed E-state index contributed by atoms with van der Waals surface area (Å²) in [6, 6.07) is 20.6. The highest BCUT2D eigenvalue weighted by Crippen LogP contribution is 2.35. The fourth-order valence-corrected chi connectivity index (χ4v) is 8.50. The van der Waals surface area contributed by atoms with Crippen LogP contribution in [0, 0.1) is 39.3 Å². The maximum absolute atomic E-state index is 13.8. The zero-order valence-corrected chi connectivity index (χ0v) is 35.2. The third-order valence-electron chi connectivity index (χ3n) is 9.85. The van der Waals surface area contributed by atoms with Crippen LogP contribution in [-0.2, 0) is 19.3 Å². The molecule has 0 atom stereocenters. The van der Waals surface area contributed by atoms with Crippen LogP contribution in [0.5, 0.6) is 0 Å². The SMILES string of the molecule is CCc1sc(-c2cccnc2C)nc1-c1ccc(CC(=O)c2cccc(F)c2C)nc1.Cc1sc(-c2cnccn2)nc1-c1ccc(CC(=O)c2cccc(F)c2C)nc1. The van der Waals surface area contributed by atoms with E-state index in [4.69, 9.17) is 4.98 Å². The third-order valence-corrected chi connectivity index (χ3v) is 12.1. The Balaban J connectivity index is 0.000000182. The summed E-state index contributed by atoms with van der Waals surface area (Å²) in [5.41, 5.74) is 9.05. The van der Waals surface area contributed by atoms with Gasteiger partial charge in [-0.05, 0) is 93.8 Å². The Bertz CT molecular complexity index is 2810. The van der Waals surface area contributed by atoms with Gasteiger partial charge >= 0.3 is 0 Å². The Kier molecular flexibility index (Phi) is 12.9. The molecule has 9 nitrogen and oxygen atoms in total. The van der Waals surface area contributed by atoms with Crippen LogP contribution in [0.4, 0.5) is 8.78 Å². The number of thiazole rings is 2. The van der Waals surface area contributed by atoms with Crippen LogP contribution in [-0.4, -0.2) is 46.5 Å². The highest BCUT2D eigenvalue weighted by atomic mass is 32.1. The van der Waals surface area contributed by atoms with Crippen molar-refractivity contribution in [1.82, 2.24) is 34.9 Å². The number of Topliss-reactive ketones (excluding diaryl/α,β-unsaturated/α-hetero) is 2. The third kappa shape index (κ3) is 9.33. The number of carbonyl (C=O) groups is 2. The lowest BCUT2D eigenvalue weighted by atomic mass is 10.0. The van der Waals surface area contributed by atoms with Crippen molar-refractivity contribution in [2.24, 2.45) is 0 Å². The molecule has 13 heteroatoms. The number of ketones is 2. The number of hydrogen-bond acceptors (Lipinski definition) is 11. The molecule has 0 amide bonds. The molecule has 0 unspecified atom stereocenters. The van der Waals surface area contributed by atoms with E-state index in [-0.39, 0.29) is 36.0 Å². The van der Waals surface area contributed by atoms with Gasteiger partial charge in [0.2, 0.25) is 0 Å². The minimum atomic E-state index is -0.378. The molecule has 0 spiro atoms. The number of aromatic nitrogens is 7. The Hall–Kier alpha value is -6.57. The van der Waals surface area contributed by atoms with E-state index in [1.807, 2.05) is 50.2 Å². The van der Waals surface area contributed by atoms with Crippen molar-refractivity contribution >= 4 is 34.2 Å². The van der Waals surface area contributed by atoms with Gasteiger partial charge in [0.25, 0.3) is 0 Å². The molecule has 300 valence electrons. The minimum Gasteiger partial charge on any atom is -0.294 e. The van der Waals surface area contributed by atoms with Crippen LogP contribution >= 0.6 is 22.7 Å². The normalized spacial score (nSPS) is 10.9. The second kappa shape index (κ2) is 18.6. The molecule has 8 aromatic rings. The topological polar surface area (TPSA) is 124 Å². The van der Waals surface area contributed by atoms with Crippen LogP contribution in [0.3, 0.4) is 0 Å². The molecule has 8 rings (SSSR count). The Labute approximate surface area is 354 Å². The summed E-state index contributed by atoms with van der Waals surface area (Å²) in [4.78, 5) is 58.6. The van der Waals surface area contributed by atoms with Crippen molar-refractivity contribution in [2.45, 2.75) is 53.9 Å². The van der Waals surface area contributed by atoms with Crippen LogP contribution in [0.1, 0.15) is 65.6 Å². The lowest BCUT2D eigenvalue weighted by Crippen LogP contribution is -2.08. The number of nitrogens with zero attached hydrogens (tertiary/aromatic N) is 7. The first kappa shape index (κ1) is 41.6. The number of aryl methyl sites for hydroxylation is 3. The lowest BCUT2D eigenvalue weighted by Gasteiger charge is -2.06.